The minimum atomic E-state index is 0.487. The Hall–Kier alpha value is -1.56. The van der Waals surface area contributed by atoms with Gasteiger partial charge in [0.2, 0.25) is 5.75 Å². The van der Waals surface area contributed by atoms with Gasteiger partial charge in [-0.3, -0.25) is 5.43 Å². The number of hydrazine groups is 1. The van der Waals surface area contributed by atoms with Crippen LogP contribution >= 0.6 is 0 Å². The molecule has 106 valence electrons. The van der Waals surface area contributed by atoms with Crippen molar-refractivity contribution in [1.82, 2.24) is 15.0 Å². The zero-order chi connectivity index (χ0) is 13.8. The molecule has 1 fully saturated rings. The van der Waals surface area contributed by atoms with Gasteiger partial charge >= 0.3 is 0 Å². The molecule has 0 aromatic carbocycles. The summed E-state index contributed by atoms with van der Waals surface area (Å²) >= 11 is 0. The fraction of sp³-hybridized carbons (Fsp3) is 0.692. The Morgan fingerprint density at radius 2 is 1.84 bits per heavy atom. The van der Waals surface area contributed by atoms with Crippen molar-refractivity contribution in [2.75, 3.05) is 24.9 Å². The number of hydrogen-bond donors (Lipinski definition) is 2. The first kappa shape index (κ1) is 13.9. The lowest BCUT2D eigenvalue weighted by Gasteiger charge is -2.39. The van der Waals surface area contributed by atoms with Crippen molar-refractivity contribution in [1.29, 1.82) is 0 Å². The summed E-state index contributed by atoms with van der Waals surface area (Å²) in [5.74, 6) is 2.05. The van der Waals surface area contributed by atoms with Gasteiger partial charge in [0.25, 0.3) is 0 Å². The number of anilines is 2. The van der Waals surface area contributed by atoms with Crippen LogP contribution in [0.3, 0.4) is 0 Å². The lowest BCUT2D eigenvalue weighted by atomic mass is 10.00. The maximum absolute atomic E-state index is 5.40. The van der Waals surface area contributed by atoms with E-state index in [9.17, 15) is 0 Å². The van der Waals surface area contributed by atoms with Crippen molar-refractivity contribution in [2.45, 2.75) is 45.2 Å². The molecular formula is C13H23N5O. The summed E-state index contributed by atoms with van der Waals surface area (Å²) in [5, 5.41) is 5.27. The van der Waals surface area contributed by atoms with Crippen LogP contribution in [0.2, 0.25) is 0 Å². The number of hydrogen-bond acceptors (Lipinski definition) is 6. The fourth-order valence-corrected chi connectivity index (χ4v) is 2.59. The Morgan fingerprint density at radius 1 is 1.21 bits per heavy atom. The summed E-state index contributed by atoms with van der Waals surface area (Å²) in [4.78, 5) is 8.45. The molecule has 0 saturated carbocycles. The van der Waals surface area contributed by atoms with E-state index in [4.69, 9.17) is 4.74 Å². The second-order valence-corrected chi connectivity index (χ2v) is 5.00. The Kier molecular flexibility index (Phi) is 4.42. The molecular weight excluding hydrogens is 242 g/mol. The molecule has 6 nitrogen and oxygen atoms in total. The number of aromatic nitrogens is 2. The summed E-state index contributed by atoms with van der Waals surface area (Å²) in [6.45, 7) is 4.46. The third kappa shape index (κ3) is 2.89. The zero-order valence-electron chi connectivity index (χ0n) is 12.1. The van der Waals surface area contributed by atoms with Gasteiger partial charge in [-0.25, -0.2) is 15.0 Å². The molecule has 2 rings (SSSR count). The minimum absolute atomic E-state index is 0.487. The zero-order valence-corrected chi connectivity index (χ0v) is 12.1. The predicted molar refractivity (Wildman–Crippen MR) is 76.4 cm³/mol. The van der Waals surface area contributed by atoms with E-state index in [1.54, 1.807) is 7.11 Å². The standard InChI is InChI=1S/C13H23N5O/c1-9-6-5-7-10(2)18(9)17-13-11(19-4)12(14-3)15-8-16-13/h8-10H,5-7H2,1-4H3,(H2,14,15,16,17). The van der Waals surface area contributed by atoms with E-state index in [0.717, 1.165) is 0 Å². The van der Waals surface area contributed by atoms with Gasteiger partial charge in [-0.15, -0.1) is 0 Å². The van der Waals surface area contributed by atoms with Crippen LogP contribution < -0.4 is 15.5 Å². The first-order chi connectivity index (χ1) is 9.17. The van der Waals surface area contributed by atoms with Crippen LogP contribution in [0.5, 0.6) is 5.75 Å². The Morgan fingerprint density at radius 3 is 2.42 bits per heavy atom. The molecule has 0 aliphatic carbocycles. The van der Waals surface area contributed by atoms with E-state index in [0.29, 0.717) is 29.5 Å². The summed E-state index contributed by atoms with van der Waals surface area (Å²) in [6, 6.07) is 0.975. The fourth-order valence-electron chi connectivity index (χ4n) is 2.59. The number of methoxy groups -OCH3 is 1. The van der Waals surface area contributed by atoms with Crippen LogP contribution in [0.15, 0.2) is 6.33 Å². The molecule has 1 saturated heterocycles. The van der Waals surface area contributed by atoms with E-state index in [1.807, 2.05) is 7.05 Å². The molecule has 1 aliphatic heterocycles. The van der Waals surface area contributed by atoms with Gasteiger partial charge in [-0.2, -0.15) is 0 Å². The van der Waals surface area contributed by atoms with Crippen LogP contribution in [-0.4, -0.2) is 41.2 Å². The lowest BCUT2D eigenvalue weighted by molar-refractivity contribution is 0.134. The smallest absolute Gasteiger partial charge is 0.205 e. The summed E-state index contributed by atoms with van der Waals surface area (Å²) in [6.07, 6.45) is 5.21. The monoisotopic (exact) mass is 265 g/mol. The van der Waals surface area contributed by atoms with Gasteiger partial charge in [0.15, 0.2) is 11.6 Å². The maximum atomic E-state index is 5.40. The normalized spacial score (nSPS) is 24.0. The number of rotatable bonds is 4. The van der Waals surface area contributed by atoms with Gasteiger partial charge < -0.3 is 10.1 Å². The van der Waals surface area contributed by atoms with Gasteiger partial charge in [0.05, 0.1) is 7.11 Å². The van der Waals surface area contributed by atoms with Crippen molar-refractivity contribution < 1.29 is 4.74 Å². The third-order valence-corrected chi connectivity index (χ3v) is 3.67. The highest BCUT2D eigenvalue weighted by Crippen LogP contribution is 2.31. The quantitative estimate of drug-likeness (QED) is 0.869. The van der Waals surface area contributed by atoms with Crippen LogP contribution in [0.4, 0.5) is 11.6 Å². The Labute approximate surface area is 114 Å². The van der Waals surface area contributed by atoms with Crippen LogP contribution in [0, 0.1) is 0 Å². The molecule has 0 spiro atoms. The Bertz CT molecular complexity index is 415. The van der Waals surface area contributed by atoms with E-state index < -0.39 is 0 Å². The first-order valence-electron chi connectivity index (χ1n) is 6.79. The van der Waals surface area contributed by atoms with Crippen molar-refractivity contribution in [3.63, 3.8) is 0 Å². The van der Waals surface area contributed by atoms with Crippen molar-refractivity contribution in [2.24, 2.45) is 0 Å². The van der Waals surface area contributed by atoms with Crippen molar-refractivity contribution in [3.05, 3.63) is 6.33 Å². The largest absolute Gasteiger partial charge is 0.490 e. The molecule has 19 heavy (non-hydrogen) atoms. The second kappa shape index (κ2) is 6.06. The molecule has 2 N–H and O–H groups in total. The highest BCUT2D eigenvalue weighted by molar-refractivity contribution is 5.62. The molecule has 1 aromatic rings. The van der Waals surface area contributed by atoms with Gasteiger partial charge in [-0.05, 0) is 26.7 Å². The van der Waals surface area contributed by atoms with Crippen molar-refractivity contribution in [3.8, 4) is 5.75 Å². The van der Waals surface area contributed by atoms with Crippen LogP contribution in [0.1, 0.15) is 33.1 Å². The SMILES string of the molecule is CNc1ncnc(NN2C(C)CCCC2C)c1OC. The number of nitrogens with one attached hydrogen (secondary N) is 2. The molecule has 2 heterocycles. The van der Waals surface area contributed by atoms with Gasteiger partial charge in [0.1, 0.15) is 6.33 Å². The molecule has 0 bridgehead atoms. The van der Waals surface area contributed by atoms with Gasteiger partial charge in [0, 0.05) is 19.1 Å². The van der Waals surface area contributed by atoms with E-state index >= 15 is 0 Å². The second-order valence-electron chi connectivity index (χ2n) is 5.00. The summed E-state index contributed by atoms with van der Waals surface area (Å²) in [5.41, 5.74) is 3.39. The highest BCUT2D eigenvalue weighted by atomic mass is 16.5. The average molecular weight is 265 g/mol. The molecule has 0 radical (unpaired) electrons. The molecule has 0 amide bonds. The first-order valence-corrected chi connectivity index (χ1v) is 6.79. The minimum Gasteiger partial charge on any atom is -0.490 e. The number of nitrogens with zero attached hydrogens (tertiary/aromatic N) is 3. The topological polar surface area (TPSA) is 62.3 Å². The van der Waals surface area contributed by atoms with E-state index in [2.05, 4.69) is 39.6 Å². The highest BCUT2D eigenvalue weighted by Gasteiger charge is 2.26. The van der Waals surface area contributed by atoms with E-state index in [-0.39, 0.29) is 0 Å². The molecule has 6 heteroatoms. The molecule has 1 aliphatic rings. The maximum Gasteiger partial charge on any atom is 0.205 e. The van der Waals surface area contributed by atoms with E-state index in [1.165, 1.54) is 25.6 Å². The van der Waals surface area contributed by atoms with Crippen LogP contribution in [-0.2, 0) is 0 Å². The number of ether oxygens (including phenoxy) is 1. The molecule has 1 aromatic heterocycles. The third-order valence-electron chi connectivity index (χ3n) is 3.67. The molecule has 2 unspecified atom stereocenters. The lowest BCUT2D eigenvalue weighted by Crippen LogP contribution is -2.47. The predicted octanol–water partition coefficient (Wildman–Crippen LogP) is 2.12. The Balaban J connectivity index is 2.22. The summed E-state index contributed by atoms with van der Waals surface area (Å²) in [7, 11) is 3.45. The van der Waals surface area contributed by atoms with Crippen LogP contribution in [0.25, 0.3) is 0 Å². The summed E-state index contributed by atoms with van der Waals surface area (Å²) < 4.78 is 5.40. The van der Waals surface area contributed by atoms with Gasteiger partial charge in [-0.1, -0.05) is 6.42 Å². The van der Waals surface area contributed by atoms with Crippen molar-refractivity contribution >= 4 is 11.6 Å². The number of piperidine rings is 1. The average Bonchev–Trinajstić information content (AvgIpc) is 2.42. The molecule has 2 atom stereocenters.